The molecule has 0 atom stereocenters. The van der Waals surface area contributed by atoms with Crippen molar-refractivity contribution in [3.05, 3.63) is 36.0 Å². The second-order valence-corrected chi connectivity index (χ2v) is 4.81. The van der Waals surface area contributed by atoms with Crippen molar-refractivity contribution >= 4 is 11.6 Å². The molecule has 1 amide bonds. The van der Waals surface area contributed by atoms with E-state index in [9.17, 15) is 4.79 Å². The molecule has 1 heterocycles. The van der Waals surface area contributed by atoms with E-state index in [1.165, 1.54) is 6.20 Å². The van der Waals surface area contributed by atoms with Gasteiger partial charge in [-0.15, -0.1) is 0 Å². The SMILES string of the molecule is CCOc1ncc(NC(=O)Cc2ccc(OC)cc2)c(OCC)n1. The van der Waals surface area contributed by atoms with E-state index in [1.54, 1.807) is 7.11 Å². The van der Waals surface area contributed by atoms with E-state index in [0.717, 1.165) is 11.3 Å². The van der Waals surface area contributed by atoms with Gasteiger partial charge in [-0.3, -0.25) is 4.79 Å². The lowest BCUT2D eigenvalue weighted by molar-refractivity contribution is -0.115. The minimum Gasteiger partial charge on any atom is -0.497 e. The molecule has 0 unspecified atom stereocenters. The summed E-state index contributed by atoms with van der Waals surface area (Å²) >= 11 is 0. The zero-order chi connectivity index (χ0) is 17.4. The summed E-state index contributed by atoms with van der Waals surface area (Å²) in [6, 6.07) is 7.53. The Bertz CT molecular complexity index is 674. The number of hydrogen-bond donors (Lipinski definition) is 1. The number of anilines is 1. The molecule has 0 aliphatic rings. The summed E-state index contributed by atoms with van der Waals surface area (Å²) in [6.45, 7) is 4.55. The highest BCUT2D eigenvalue weighted by Gasteiger charge is 2.12. The second kappa shape index (κ2) is 8.71. The molecule has 1 aromatic heterocycles. The van der Waals surface area contributed by atoms with Crippen LogP contribution in [0.4, 0.5) is 5.69 Å². The highest BCUT2D eigenvalue weighted by atomic mass is 16.5. The van der Waals surface area contributed by atoms with Gasteiger partial charge >= 0.3 is 6.01 Å². The Labute approximate surface area is 141 Å². The number of carbonyl (C=O) groups excluding carboxylic acids is 1. The molecule has 0 saturated heterocycles. The van der Waals surface area contributed by atoms with Crippen LogP contribution in [0.25, 0.3) is 0 Å². The first-order valence-corrected chi connectivity index (χ1v) is 7.71. The van der Waals surface area contributed by atoms with Gasteiger partial charge in [-0.2, -0.15) is 4.98 Å². The zero-order valence-corrected chi connectivity index (χ0v) is 14.0. The molecule has 0 radical (unpaired) electrons. The average molecular weight is 331 g/mol. The van der Waals surface area contributed by atoms with Crippen LogP contribution in [0.15, 0.2) is 30.5 Å². The molecule has 0 saturated carbocycles. The maximum atomic E-state index is 12.2. The number of methoxy groups -OCH3 is 1. The molecule has 0 bridgehead atoms. The van der Waals surface area contributed by atoms with Crippen LogP contribution in [0, 0.1) is 0 Å². The molecular formula is C17H21N3O4. The third-order valence-corrected chi connectivity index (χ3v) is 3.08. The van der Waals surface area contributed by atoms with Gasteiger partial charge in [0.05, 0.1) is 32.9 Å². The lowest BCUT2D eigenvalue weighted by atomic mass is 10.1. The van der Waals surface area contributed by atoms with Crippen molar-refractivity contribution in [3.63, 3.8) is 0 Å². The Kier molecular flexibility index (Phi) is 6.36. The molecule has 0 aliphatic carbocycles. The molecule has 128 valence electrons. The molecule has 24 heavy (non-hydrogen) atoms. The van der Waals surface area contributed by atoms with Gasteiger partial charge in [0.2, 0.25) is 11.8 Å². The zero-order valence-electron chi connectivity index (χ0n) is 14.0. The summed E-state index contributed by atoms with van der Waals surface area (Å²) < 4.78 is 15.8. The van der Waals surface area contributed by atoms with Crippen LogP contribution in [0.3, 0.4) is 0 Å². The lowest BCUT2D eigenvalue weighted by Crippen LogP contribution is -2.16. The first-order valence-electron chi connectivity index (χ1n) is 7.71. The topological polar surface area (TPSA) is 82.6 Å². The monoisotopic (exact) mass is 331 g/mol. The summed E-state index contributed by atoms with van der Waals surface area (Å²) in [5, 5.41) is 2.77. The van der Waals surface area contributed by atoms with Crippen molar-refractivity contribution < 1.29 is 19.0 Å². The summed E-state index contributed by atoms with van der Waals surface area (Å²) in [4.78, 5) is 20.4. The van der Waals surface area contributed by atoms with Crippen LogP contribution >= 0.6 is 0 Å². The van der Waals surface area contributed by atoms with E-state index in [2.05, 4.69) is 15.3 Å². The van der Waals surface area contributed by atoms with Gasteiger partial charge in [-0.1, -0.05) is 12.1 Å². The Balaban J connectivity index is 2.06. The quantitative estimate of drug-likeness (QED) is 0.800. The third-order valence-electron chi connectivity index (χ3n) is 3.08. The van der Waals surface area contributed by atoms with Crippen LogP contribution in [0.2, 0.25) is 0 Å². The minimum absolute atomic E-state index is 0.186. The Morgan fingerprint density at radius 2 is 1.83 bits per heavy atom. The summed E-state index contributed by atoms with van der Waals surface area (Å²) in [6.07, 6.45) is 1.71. The first kappa shape index (κ1) is 17.5. The predicted octanol–water partition coefficient (Wildman–Crippen LogP) is 2.46. The van der Waals surface area contributed by atoms with Gasteiger partial charge in [0, 0.05) is 0 Å². The average Bonchev–Trinajstić information content (AvgIpc) is 2.58. The first-order chi connectivity index (χ1) is 11.7. The van der Waals surface area contributed by atoms with Crippen molar-refractivity contribution in [1.82, 2.24) is 9.97 Å². The van der Waals surface area contributed by atoms with Crippen molar-refractivity contribution in [3.8, 4) is 17.6 Å². The number of carbonyl (C=O) groups is 1. The molecule has 2 aromatic rings. The minimum atomic E-state index is -0.186. The van der Waals surface area contributed by atoms with Crippen LogP contribution in [-0.2, 0) is 11.2 Å². The predicted molar refractivity (Wildman–Crippen MR) is 89.7 cm³/mol. The molecule has 0 spiro atoms. The summed E-state index contributed by atoms with van der Waals surface area (Å²) in [5.74, 6) is 0.852. The fourth-order valence-corrected chi connectivity index (χ4v) is 2.01. The van der Waals surface area contributed by atoms with Crippen LogP contribution < -0.4 is 19.5 Å². The van der Waals surface area contributed by atoms with Gasteiger partial charge in [-0.25, -0.2) is 4.98 Å². The van der Waals surface area contributed by atoms with Crippen LogP contribution in [0.1, 0.15) is 19.4 Å². The van der Waals surface area contributed by atoms with Crippen LogP contribution in [-0.4, -0.2) is 36.2 Å². The Morgan fingerprint density at radius 3 is 2.46 bits per heavy atom. The fraction of sp³-hybridized carbons (Fsp3) is 0.353. The smallest absolute Gasteiger partial charge is 0.319 e. The van der Waals surface area contributed by atoms with Crippen molar-refractivity contribution in [2.45, 2.75) is 20.3 Å². The van der Waals surface area contributed by atoms with Crippen LogP contribution in [0.5, 0.6) is 17.6 Å². The van der Waals surface area contributed by atoms with Gasteiger partial charge in [-0.05, 0) is 31.5 Å². The van der Waals surface area contributed by atoms with E-state index in [-0.39, 0.29) is 18.3 Å². The molecule has 1 N–H and O–H groups in total. The van der Waals surface area contributed by atoms with E-state index in [4.69, 9.17) is 14.2 Å². The third kappa shape index (κ3) is 4.84. The molecule has 0 aliphatic heterocycles. The van der Waals surface area contributed by atoms with E-state index in [0.29, 0.717) is 24.8 Å². The lowest BCUT2D eigenvalue weighted by Gasteiger charge is -2.11. The number of aromatic nitrogens is 2. The molecule has 7 heteroatoms. The van der Waals surface area contributed by atoms with Gasteiger partial charge < -0.3 is 19.5 Å². The van der Waals surface area contributed by atoms with Crippen molar-refractivity contribution in [1.29, 1.82) is 0 Å². The highest BCUT2D eigenvalue weighted by molar-refractivity contribution is 5.93. The maximum Gasteiger partial charge on any atom is 0.319 e. The largest absolute Gasteiger partial charge is 0.497 e. The van der Waals surface area contributed by atoms with Crippen molar-refractivity contribution in [2.24, 2.45) is 0 Å². The molecule has 2 rings (SSSR count). The van der Waals surface area contributed by atoms with E-state index in [1.807, 2.05) is 38.1 Å². The molecule has 0 fully saturated rings. The number of benzene rings is 1. The number of amides is 1. The number of nitrogens with zero attached hydrogens (tertiary/aromatic N) is 2. The van der Waals surface area contributed by atoms with Crippen molar-refractivity contribution in [2.75, 3.05) is 25.6 Å². The van der Waals surface area contributed by atoms with Gasteiger partial charge in [0.25, 0.3) is 0 Å². The number of ether oxygens (including phenoxy) is 3. The standard InChI is InChI=1S/C17H21N3O4/c1-4-23-16-14(11-18-17(20-16)24-5-2)19-15(21)10-12-6-8-13(22-3)9-7-12/h6-9,11H,4-5,10H2,1-3H3,(H,19,21). The molecule has 1 aromatic carbocycles. The number of nitrogens with one attached hydrogen (secondary N) is 1. The number of hydrogen-bond acceptors (Lipinski definition) is 6. The Hall–Kier alpha value is -2.83. The molecular weight excluding hydrogens is 310 g/mol. The highest BCUT2D eigenvalue weighted by Crippen LogP contribution is 2.23. The second-order valence-electron chi connectivity index (χ2n) is 4.81. The van der Waals surface area contributed by atoms with E-state index >= 15 is 0 Å². The van der Waals surface area contributed by atoms with E-state index < -0.39 is 0 Å². The fourth-order valence-electron chi connectivity index (χ4n) is 2.01. The normalized spacial score (nSPS) is 10.1. The Morgan fingerprint density at radius 1 is 1.12 bits per heavy atom. The van der Waals surface area contributed by atoms with Gasteiger partial charge in [0.1, 0.15) is 11.4 Å². The summed E-state index contributed by atoms with van der Waals surface area (Å²) in [7, 11) is 1.60. The number of rotatable bonds is 8. The maximum absolute atomic E-state index is 12.2. The van der Waals surface area contributed by atoms with Gasteiger partial charge in [0.15, 0.2) is 0 Å². The summed E-state index contributed by atoms with van der Waals surface area (Å²) in [5.41, 5.74) is 1.29. The molecule has 7 nitrogen and oxygen atoms in total.